The van der Waals surface area contributed by atoms with Gasteiger partial charge in [0.15, 0.2) is 11.6 Å². The molecule has 0 saturated carbocycles. The van der Waals surface area contributed by atoms with E-state index in [0.717, 1.165) is 12.8 Å². The molecule has 9 nitrogen and oxygen atoms in total. The highest BCUT2D eigenvalue weighted by molar-refractivity contribution is 5.88. The van der Waals surface area contributed by atoms with Crippen LogP contribution in [0.2, 0.25) is 0 Å². The number of hydrogen-bond acceptors (Lipinski definition) is 8. The molecule has 2 aliphatic heterocycles. The number of phenolic OH excluding ortho intramolecular Hbond substituents is 1. The lowest BCUT2D eigenvalue weighted by atomic mass is 9.96. The predicted molar refractivity (Wildman–Crippen MR) is 114 cm³/mol. The van der Waals surface area contributed by atoms with Crippen LogP contribution in [0.1, 0.15) is 26.2 Å². The van der Waals surface area contributed by atoms with Gasteiger partial charge in [0.2, 0.25) is 0 Å². The van der Waals surface area contributed by atoms with E-state index in [-0.39, 0.29) is 29.2 Å². The average Bonchev–Trinajstić information content (AvgIpc) is 3.20. The highest BCUT2D eigenvalue weighted by Crippen LogP contribution is 2.34. The fourth-order valence-electron chi connectivity index (χ4n) is 4.70. The molecule has 10 heteroatoms. The maximum atomic E-state index is 14.9. The molecule has 2 N–H and O–H groups in total. The zero-order valence-electron chi connectivity index (χ0n) is 17.4. The van der Waals surface area contributed by atoms with Gasteiger partial charge in [-0.2, -0.15) is 5.10 Å². The Morgan fingerprint density at radius 1 is 1.29 bits per heavy atom. The van der Waals surface area contributed by atoms with E-state index in [1.54, 1.807) is 17.2 Å². The van der Waals surface area contributed by atoms with Gasteiger partial charge in [-0.05, 0) is 38.3 Å². The number of nitrogens with zero attached hydrogens (tertiary/aromatic N) is 6. The number of benzene rings is 1. The number of halogens is 1. The molecule has 0 aliphatic carbocycles. The van der Waals surface area contributed by atoms with Gasteiger partial charge in [0.1, 0.15) is 11.9 Å². The van der Waals surface area contributed by atoms with Crippen molar-refractivity contribution in [3.63, 3.8) is 0 Å². The molecule has 4 heterocycles. The van der Waals surface area contributed by atoms with Crippen molar-refractivity contribution in [2.75, 3.05) is 11.9 Å². The van der Waals surface area contributed by atoms with E-state index in [1.165, 1.54) is 16.9 Å². The Labute approximate surface area is 177 Å². The molecule has 1 aromatic carbocycles. The number of phenols is 1. The summed E-state index contributed by atoms with van der Waals surface area (Å²) in [7, 11) is 1.81. The van der Waals surface area contributed by atoms with Crippen LogP contribution >= 0.6 is 0 Å². The molecular formula is C21H24FN7O2. The first-order chi connectivity index (χ1) is 15.0. The van der Waals surface area contributed by atoms with Gasteiger partial charge in [0.05, 0.1) is 29.4 Å². The standard InChI is InChI=1S/C21H24FN7O2/c1-3-29-21(31)13-8-17(30)14(6-11(13)9-24-29)20-23-10-18(26-27-20)28(2)16-7-12-4-5-15(25-12)19(16)22/h6,8-10,12,15-16,19,25,30H,3-5,7H2,1-2H3/t12?,15?,16-,19+/m1/s1. The number of aryl methyl sites for hydroxylation is 1. The quantitative estimate of drug-likeness (QED) is 0.649. The van der Waals surface area contributed by atoms with Crippen LogP contribution in [0.25, 0.3) is 22.2 Å². The van der Waals surface area contributed by atoms with Gasteiger partial charge in [0.25, 0.3) is 5.56 Å². The molecular weight excluding hydrogens is 401 g/mol. The number of aromatic hydroxyl groups is 1. The van der Waals surface area contributed by atoms with E-state index < -0.39 is 6.17 Å². The lowest BCUT2D eigenvalue weighted by Gasteiger charge is -2.38. The van der Waals surface area contributed by atoms with E-state index in [9.17, 15) is 14.3 Å². The zero-order chi connectivity index (χ0) is 21.7. The number of anilines is 1. The van der Waals surface area contributed by atoms with Crippen LogP contribution in [0.4, 0.5) is 10.2 Å². The third-order valence-electron chi connectivity index (χ3n) is 6.47. The number of alkyl halides is 1. The van der Waals surface area contributed by atoms with E-state index in [0.29, 0.717) is 41.2 Å². The van der Waals surface area contributed by atoms with Crippen LogP contribution in [0.15, 0.2) is 29.3 Å². The second-order valence-electron chi connectivity index (χ2n) is 8.27. The monoisotopic (exact) mass is 425 g/mol. The zero-order valence-corrected chi connectivity index (χ0v) is 17.4. The molecule has 2 aromatic heterocycles. The smallest absolute Gasteiger partial charge is 0.274 e. The highest BCUT2D eigenvalue weighted by atomic mass is 19.1. The number of nitrogens with one attached hydrogen (secondary N) is 1. The molecule has 31 heavy (non-hydrogen) atoms. The van der Waals surface area contributed by atoms with Crippen LogP contribution in [0, 0.1) is 0 Å². The summed E-state index contributed by atoms with van der Waals surface area (Å²) in [5.41, 5.74) is 0.0857. The third kappa shape index (κ3) is 3.31. The van der Waals surface area contributed by atoms with Crippen LogP contribution in [-0.4, -0.2) is 61.4 Å². The SMILES string of the molecule is CCn1ncc2cc(-c3ncc(N(C)[C@@H]4CC5CCC(N5)[C@@H]4F)nn3)c(O)cc2c1=O. The fourth-order valence-corrected chi connectivity index (χ4v) is 4.70. The Morgan fingerprint density at radius 2 is 2.13 bits per heavy atom. The molecule has 5 rings (SSSR count). The lowest BCUT2D eigenvalue weighted by Crippen LogP contribution is -2.55. The van der Waals surface area contributed by atoms with Gasteiger partial charge >= 0.3 is 0 Å². The molecule has 0 spiro atoms. The average molecular weight is 425 g/mol. The van der Waals surface area contributed by atoms with Crippen LogP contribution < -0.4 is 15.8 Å². The minimum atomic E-state index is -0.977. The second kappa shape index (κ2) is 7.52. The van der Waals surface area contributed by atoms with Gasteiger partial charge in [0, 0.05) is 31.1 Å². The van der Waals surface area contributed by atoms with Gasteiger partial charge in [-0.15, -0.1) is 10.2 Å². The topological polar surface area (TPSA) is 109 Å². The molecule has 2 unspecified atom stereocenters. The molecule has 2 aliphatic rings. The summed E-state index contributed by atoms with van der Waals surface area (Å²) < 4.78 is 16.2. The van der Waals surface area contributed by atoms with Crippen molar-refractivity contribution < 1.29 is 9.50 Å². The Morgan fingerprint density at radius 3 is 2.87 bits per heavy atom. The normalized spacial score (nSPS) is 25.1. The number of hydrogen-bond donors (Lipinski definition) is 2. The second-order valence-corrected chi connectivity index (χ2v) is 8.27. The first-order valence-corrected chi connectivity index (χ1v) is 10.5. The number of piperidine rings is 1. The molecule has 0 amide bonds. The Kier molecular flexibility index (Phi) is 4.81. The maximum Gasteiger partial charge on any atom is 0.274 e. The summed E-state index contributed by atoms with van der Waals surface area (Å²) in [5, 5.41) is 27.3. The van der Waals surface area contributed by atoms with E-state index in [4.69, 9.17) is 0 Å². The summed E-state index contributed by atoms with van der Waals surface area (Å²) in [4.78, 5) is 18.6. The van der Waals surface area contributed by atoms with E-state index in [2.05, 4.69) is 25.6 Å². The van der Waals surface area contributed by atoms with Gasteiger partial charge in [-0.3, -0.25) is 4.79 Å². The van der Waals surface area contributed by atoms with Crippen molar-refractivity contribution in [1.29, 1.82) is 0 Å². The number of rotatable bonds is 4. The molecule has 2 bridgehead atoms. The third-order valence-corrected chi connectivity index (χ3v) is 6.47. The number of aromatic nitrogens is 5. The van der Waals surface area contributed by atoms with Crippen LogP contribution in [-0.2, 0) is 6.54 Å². The Bertz CT molecular complexity index is 1180. The summed E-state index contributed by atoms with van der Waals surface area (Å²) in [6.45, 7) is 2.27. The van der Waals surface area contributed by atoms with Gasteiger partial charge in [-0.1, -0.05) is 0 Å². The number of fused-ring (bicyclic) bond motifs is 3. The molecule has 3 aromatic rings. The minimum absolute atomic E-state index is 0.105. The molecule has 162 valence electrons. The van der Waals surface area contributed by atoms with Gasteiger partial charge in [-0.25, -0.2) is 14.1 Å². The predicted octanol–water partition coefficient (Wildman–Crippen LogP) is 1.64. The van der Waals surface area contributed by atoms with Crippen LogP contribution in [0.3, 0.4) is 0 Å². The van der Waals surface area contributed by atoms with Crippen LogP contribution in [0.5, 0.6) is 5.75 Å². The van der Waals surface area contributed by atoms with Crippen molar-refractivity contribution >= 4 is 16.6 Å². The molecule has 4 atom stereocenters. The van der Waals surface area contributed by atoms with E-state index in [1.807, 2.05) is 14.0 Å². The molecule has 0 radical (unpaired) electrons. The first-order valence-electron chi connectivity index (χ1n) is 10.5. The summed E-state index contributed by atoms with van der Waals surface area (Å²) in [5.74, 6) is 0.587. The maximum absolute atomic E-state index is 14.9. The summed E-state index contributed by atoms with van der Waals surface area (Å²) in [6, 6.07) is 2.99. The van der Waals surface area contributed by atoms with Gasteiger partial charge < -0.3 is 15.3 Å². The first kappa shape index (κ1) is 19.8. The van der Waals surface area contributed by atoms with E-state index >= 15 is 0 Å². The molecule has 2 fully saturated rings. The fraction of sp³-hybridized carbons (Fsp3) is 0.476. The van der Waals surface area contributed by atoms with Crippen molar-refractivity contribution in [1.82, 2.24) is 30.3 Å². The minimum Gasteiger partial charge on any atom is -0.507 e. The largest absolute Gasteiger partial charge is 0.507 e. The molecule has 2 saturated heterocycles. The summed E-state index contributed by atoms with van der Waals surface area (Å²) in [6.07, 6.45) is 4.71. The van der Waals surface area contributed by atoms with Crippen molar-refractivity contribution in [3.05, 3.63) is 34.9 Å². The summed E-state index contributed by atoms with van der Waals surface area (Å²) >= 11 is 0. The Hall–Kier alpha value is -3.14. The lowest BCUT2D eigenvalue weighted by molar-refractivity contribution is 0.176. The van der Waals surface area contributed by atoms with Crippen molar-refractivity contribution in [2.24, 2.45) is 0 Å². The Balaban J connectivity index is 1.44. The highest BCUT2D eigenvalue weighted by Gasteiger charge is 2.43. The van der Waals surface area contributed by atoms with Crippen molar-refractivity contribution in [3.8, 4) is 17.1 Å². The van der Waals surface area contributed by atoms with Crippen molar-refractivity contribution in [2.45, 2.75) is 57.0 Å².